The molecule has 0 radical (unpaired) electrons. The summed E-state index contributed by atoms with van der Waals surface area (Å²) in [5.41, 5.74) is 3.62. The Balaban J connectivity index is 1.97. The summed E-state index contributed by atoms with van der Waals surface area (Å²) in [5.74, 6) is 0.108. The van der Waals surface area contributed by atoms with E-state index in [0.717, 1.165) is 12.0 Å². The van der Waals surface area contributed by atoms with Crippen LogP contribution in [-0.4, -0.2) is 11.2 Å². The third kappa shape index (κ3) is 4.63. The van der Waals surface area contributed by atoms with Gasteiger partial charge in [-0.2, -0.15) is 0 Å². The van der Waals surface area contributed by atoms with E-state index in [0.29, 0.717) is 6.54 Å². The Hall–Kier alpha value is -1.74. The van der Waals surface area contributed by atoms with Crippen molar-refractivity contribution in [3.63, 3.8) is 0 Å². The minimum Gasteiger partial charge on any atom is -0.351 e. The van der Waals surface area contributed by atoms with E-state index < -0.39 is 0 Å². The lowest BCUT2D eigenvalue weighted by molar-refractivity contribution is -0.120. The lowest BCUT2D eigenvalue weighted by atomic mass is 10.2. The van der Waals surface area contributed by atoms with Crippen LogP contribution in [0.15, 0.2) is 53.4 Å². The standard InChI is InChI=1S/C19H23NOS/c1-4-17(22-18-11-10-14(2)12-15(18)3)19(21)20-13-16-8-6-5-7-9-16/h5-12,17H,4,13H2,1-3H3,(H,20,21). The van der Waals surface area contributed by atoms with Gasteiger partial charge in [0.2, 0.25) is 5.91 Å². The average Bonchev–Trinajstić information content (AvgIpc) is 2.53. The van der Waals surface area contributed by atoms with Gasteiger partial charge in [0, 0.05) is 11.4 Å². The molecule has 0 aromatic heterocycles. The molecule has 2 nitrogen and oxygen atoms in total. The second-order valence-corrected chi connectivity index (χ2v) is 6.73. The number of aryl methyl sites for hydroxylation is 2. The number of nitrogens with one attached hydrogen (secondary N) is 1. The lowest BCUT2D eigenvalue weighted by Gasteiger charge is -2.16. The van der Waals surface area contributed by atoms with Crippen molar-refractivity contribution in [2.45, 2.75) is 43.9 Å². The summed E-state index contributed by atoms with van der Waals surface area (Å²) in [6.07, 6.45) is 0.818. The van der Waals surface area contributed by atoms with Crippen LogP contribution < -0.4 is 5.32 Å². The van der Waals surface area contributed by atoms with Crippen molar-refractivity contribution in [2.75, 3.05) is 0 Å². The number of thioether (sulfide) groups is 1. The van der Waals surface area contributed by atoms with Gasteiger partial charge in [0.05, 0.1) is 5.25 Å². The first-order valence-electron chi connectivity index (χ1n) is 7.65. The van der Waals surface area contributed by atoms with Gasteiger partial charge in [-0.05, 0) is 37.5 Å². The van der Waals surface area contributed by atoms with E-state index in [-0.39, 0.29) is 11.2 Å². The molecule has 0 bridgehead atoms. The van der Waals surface area contributed by atoms with Crippen LogP contribution in [-0.2, 0) is 11.3 Å². The van der Waals surface area contributed by atoms with Gasteiger partial charge in [-0.1, -0.05) is 55.0 Å². The summed E-state index contributed by atoms with van der Waals surface area (Å²) in [7, 11) is 0. The molecule has 0 aliphatic heterocycles. The monoisotopic (exact) mass is 313 g/mol. The second-order valence-electron chi connectivity index (χ2n) is 5.49. The Labute approximate surface area is 137 Å². The molecule has 0 saturated carbocycles. The predicted octanol–water partition coefficient (Wildman–Crippen LogP) is 4.49. The van der Waals surface area contributed by atoms with E-state index in [9.17, 15) is 4.79 Å². The Morgan fingerprint density at radius 2 is 1.86 bits per heavy atom. The third-order valence-corrected chi connectivity index (χ3v) is 5.12. The van der Waals surface area contributed by atoms with Gasteiger partial charge < -0.3 is 5.32 Å². The fourth-order valence-electron chi connectivity index (χ4n) is 2.31. The van der Waals surface area contributed by atoms with Crippen molar-refractivity contribution in [2.24, 2.45) is 0 Å². The zero-order valence-electron chi connectivity index (χ0n) is 13.4. The van der Waals surface area contributed by atoms with Gasteiger partial charge >= 0.3 is 0 Å². The molecule has 22 heavy (non-hydrogen) atoms. The fraction of sp³-hybridized carbons (Fsp3) is 0.316. The molecule has 2 rings (SSSR count). The number of rotatable bonds is 6. The maximum absolute atomic E-state index is 12.4. The van der Waals surface area contributed by atoms with Crippen LogP contribution in [0.1, 0.15) is 30.0 Å². The Morgan fingerprint density at radius 1 is 1.14 bits per heavy atom. The SMILES string of the molecule is CCC(Sc1ccc(C)cc1C)C(=O)NCc1ccccc1. The van der Waals surface area contributed by atoms with Gasteiger partial charge in [0.1, 0.15) is 0 Å². The number of hydrogen-bond acceptors (Lipinski definition) is 2. The molecule has 0 spiro atoms. The maximum Gasteiger partial charge on any atom is 0.233 e. The Morgan fingerprint density at radius 3 is 2.50 bits per heavy atom. The molecule has 0 saturated heterocycles. The van der Waals surface area contributed by atoms with Gasteiger partial charge in [-0.25, -0.2) is 0 Å². The molecule has 116 valence electrons. The van der Waals surface area contributed by atoms with Crippen molar-refractivity contribution >= 4 is 17.7 Å². The molecule has 3 heteroatoms. The highest BCUT2D eigenvalue weighted by Gasteiger charge is 2.18. The maximum atomic E-state index is 12.4. The highest BCUT2D eigenvalue weighted by atomic mass is 32.2. The van der Waals surface area contributed by atoms with Crippen LogP contribution in [0.25, 0.3) is 0 Å². The molecule has 2 aromatic rings. The van der Waals surface area contributed by atoms with Crippen molar-refractivity contribution < 1.29 is 4.79 Å². The third-order valence-electron chi connectivity index (χ3n) is 3.57. The quantitative estimate of drug-likeness (QED) is 0.796. The second kappa shape index (κ2) is 8.04. The van der Waals surface area contributed by atoms with Crippen LogP contribution in [0.5, 0.6) is 0 Å². The molecule has 1 unspecified atom stereocenters. The zero-order valence-corrected chi connectivity index (χ0v) is 14.2. The summed E-state index contributed by atoms with van der Waals surface area (Å²) in [6.45, 7) is 6.84. The largest absolute Gasteiger partial charge is 0.351 e. The molecule has 2 aromatic carbocycles. The Kier molecular flexibility index (Phi) is 6.08. The summed E-state index contributed by atoms with van der Waals surface area (Å²) in [6, 6.07) is 16.4. The van der Waals surface area contributed by atoms with Gasteiger partial charge in [0.25, 0.3) is 0 Å². The molecule has 1 atom stereocenters. The van der Waals surface area contributed by atoms with Crippen molar-refractivity contribution in [3.05, 3.63) is 65.2 Å². The van der Waals surface area contributed by atoms with E-state index >= 15 is 0 Å². The summed E-state index contributed by atoms with van der Waals surface area (Å²) in [4.78, 5) is 13.6. The average molecular weight is 313 g/mol. The number of hydrogen-bond donors (Lipinski definition) is 1. The molecular weight excluding hydrogens is 290 g/mol. The normalized spacial score (nSPS) is 12.0. The molecule has 0 aliphatic rings. The van der Waals surface area contributed by atoms with Crippen LogP contribution >= 0.6 is 11.8 Å². The Bertz CT molecular complexity index is 625. The topological polar surface area (TPSA) is 29.1 Å². The van der Waals surface area contributed by atoms with E-state index in [1.54, 1.807) is 11.8 Å². The molecular formula is C19H23NOS. The van der Waals surface area contributed by atoms with Gasteiger partial charge in [-0.3, -0.25) is 4.79 Å². The van der Waals surface area contributed by atoms with Crippen molar-refractivity contribution in [3.8, 4) is 0 Å². The predicted molar refractivity (Wildman–Crippen MR) is 94.1 cm³/mol. The summed E-state index contributed by atoms with van der Waals surface area (Å²) >= 11 is 1.66. The van der Waals surface area contributed by atoms with Crippen molar-refractivity contribution in [1.29, 1.82) is 0 Å². The molecule has 1 amide bonds. The minimum atomic E-state index is -0.0508. The summed E-state index contributed by atoms with van der Waals surface area (Å²) < 4.78 is 0. The van der Waals surface area contributed by atoms with Gasteiger partial charge in [0.15, 0.2) is 0 Å². The van der Waals surface area contributed by atoms with E-state index in [2.05, 4.69) is 44.3 Å². The van der Waals surface area contributed by atoms with E-state index in [1.807, 2.05) is 30.3 Å². The van der Waals surface area contributed by atoms with Crippen molar-refractivity contribution in [1.82, 2.24) is 5.32 Å². The molecule has 0 aliphatic carbocycles. The summed E-state index contributed by atoms with van der Waals surface area (Å²) in [5, 5.41) is 2.99. The molecule has 1 N–H and O–H groups in total. The number of carbonyl (C=O) groups excluding carboxylic acids is 1. The zero-order chi connectivity index (χ0) is 15.9. The first-order chi connectivity index (χ1) is 10.6. The van der Waals surface area contributed by atoms with Gasteiger partial charge in [-0.15, -0.1) is 11.8 Å². The van der Waals surface area contributed by atoms with Crippen LogP contribution in [0.2, 0.25) is 0 Å². The first-order valence-corrected chi connectivity index (χ1v) is 8.53. The molecule has 0 heterocycles. The first kappa shape index (κ1) is 16.6. The van der Waals surface area contributed by atoms with Crippen LogP contribution in [0.3, 0.4) is 0 Å². The highest BCUT2D eigenvalue weighted by Crippen LogP contribution is 2.29. The molecule has 0 fully saturated rings. The van der Waals surface area contributed by atoms with Crippen LogP contribution in [0, 0.1) is 13.8 Å². The smallest absolute Gasteiger partial charge is 0.233 e. The minimum absolute atomic E-state index is 0.0508. The highest BCUT2D eigenvalue weighted by molar-refractivity contribution is 8.00. The lowest BCUT2D eigenvalue weighted by Crippen LogP contribution is -2.31. The van der Waals surface area contributed by atoms with E-state index in [1.165, 1.54) is 16.0 Å². The van der Waals surface area contributed by atoms with E-state index in [4.69, 9.17) is 0 Å². The van der Waals surface area contributed by atoms with Crippen LogP contribution in [0.4, 0.5) is 0 Å². The number of carbonyl (C=O) groups is 1. The fourth-order valence-corrected chi connectivity index (χ4v) is 3.36. The number of amides is 1. The number of benzene rings is 2.